The molecule has 1 aromatic carbocycles. The number of nitrogens with zero attached hydrogens (tertiary/aromatic N) is 3. The summed E-state index contributed by atoms with van der Waals surface area (Å²) >= 11 is 7.53. The number of hydrogen-bond acceptors (Lipinski definition) is 6. The number of ether oxygens (including phenoxy) is 1. The van der Waals surface area contributed by atoms with Crippen LogP contribution in [-0.2, 0) is 7.05 Å². The van der Waals surface area contributed by atoms with Gasteiger partial charge in [0.1, 0.15) is 17.5 Å². The molecule has 7 nitrogen and oxygen atoms in total. The van der Waals surface area contributed by atoms with E-state index in [1.807, 2.05) is 6.26 Å². The average molecular weight is 526 g/mol. The van der Waals surface area contributed by atoms with Crippen LogP contribution in [0.3, 0.4) is 0 Å². The maximum absolute atomic E-state index is 14.9. The first kappa shape index (κ1) is 25.2. The first-order chi connectivity index (χ1) is 16.7. The van der Waals surface area contributed by atoms with Crippen molar-refractivity contribution in [3.63, 3.8) is 0 Å². The number of carbonyl (C=O) groups is 1. The van der Waals surface area contributed by atoms with Crippen molar-refractivity contribution in [2.24, 2.45) is 7.05 Å². The highest BCUT2D eigenvalue weighted by Crippen LogP contribution is 2.28. The molecule has 3 aromatic rings. The average Bonchev–Trinajstić information content (AvgIpc) is 3.13. The Hall–Kier alpha value is -2.89. The maximum Gasteiger partial charge on any atom is 0.257 e. The largest absolute Gasteiger partial charge is 0.486 e. The zero-order valence-electron chi connectivity index (χ0n) is 18.9. The molecule has 0 atom stereocenters. The SMILES string of the molecule is CSNc1cc(Cl)cc(NC(=O)c2cc(-c3ncc(OC4CN(CC(F)F)C4)cc3F)n(C)c2)c1. The lowest BCUT2D eigenvalue weighted by atomic mass is 10.1. The lowest BCUT2D eigenvalue weighted by Crippen LogP contribution is -2.55. The number of halogens is 4. The highest BCUT2D eigenvalue weighted by Gasteiger charge is 2.30. The van der Waals surface area contributed by atoms with Gasteiger partial charge >= 0.3 is 0 Å². The van der Waals surface area contributed by atoms with E-state index in [4.69, 9.17) is 16.3 Å². The van der Waals surface area contributed by atoms with Crippen LogP contribution in [0.5, 0.6) is 5.75 Å². The van der Waals surface area contributed by atoms with Gasteiger partial charge in [-0.1, -0.05) is 23.5 Å². The van der Waals surface area contributed by atoms with Crippen molar-refractivity contribution in [3.8, 4) is 17.1 Å². The van der Waals surface area contributed by atoms with Crippen molar-refractivity contribution in [3.05, 3.63) is 59.1 Å². The molecule has 1 fully saturated rings. The molecule has 0 aliphatic carbocycles. The second-order valence-corrected chi connectivity index (χ2v) is 9.11. The fraction of sp³-hybridized carbons (Fsp3) is 0.304. The smallest absolute Gasteiger partial charge is 0.257 e. The summed E-state index contributed by atoms with van der Waals surface area (Å²) in [6, 6.07) is 7.86. The number of nitrogens with one attached hydrogen (secondary N) is 2. The lowest BCUT2D eigenvalue weighted by molar-refractivity contribution is -0.0167. The van der Waals surface area contributed by atoms with Gasteiger partial charge in [0.05, 0.1) is 24.0 Å². The molecule has 2 aromatic heterocycles. The van der Waals surface area contributed by atoms with Crippen LogP contribution in [-0.4, -0.2) is 58.8 Å². The predicted octanol–water partition coefficient (Wildman–Crippen LogP) is 5.15. The van der Waals surface area contributed by atoms with Gasteiger partial charge in [0.15, 0.2) is 5.82 Å². The Morgan fingerprint density at radius 1 is 1.26 bits per heavy atom. The maximum atomic E-state index is 14.9. The predicted molar refractivity (Wildman–Crippen MR) is 132 cm³/mol. The first-order valence-corrected chi connectivity index (χ1v) is 12.2. The molecule has 4 rings (SSSR count). The van der Waals surface area contributed by atoms with Gasteiger partial charge in [-0.2, -0.15) is 0 Å². The number of aryl methyl sites for hydroxylation is 1. The molecule has 35 heavy (non-hydrogen) atoms. The topological polar surface area (TPSA) is 71.4 Å². The third kappa shape index (κ3) is 6.22. The number of aromatic nitrogens is 2. The van der Waals surface area contributed by atoms with Crippen LogP contribution in [0.2, 0.25) is 5.02 Å². The van der Waals surface area contributed by atoms with E-state index < -0.39 is 12.2 Å². The van der Waals surface area contributed by atoms with E-state index in [2.05, 4.69) is 15.0 Å². The van der Waals surface area contributed by atoms with Gasteiger partial charge in [-0.05, 0) is 24.3 Å². The molecule has 1 amide bonds. The minimum absolute atomic E-state index is 0.0565. The third-order valence-electron chi connectivity index (χ3n) is 5.32. The van der Waals surface area contributed by atoms with Crippen LogP contribution in [0.25, 0.3) is 11.4 Å². The summed E-state index contributed by atoms with van der Waals surface area (Å²) < 4.78 is 50.0. The van der Waals surface area contributed by atoms with E-state index in [-0.39, 0.29) is 30.0 Å². The zero-order chi connectivity index (χ0) is 25.1. The monoisotopic (exact) mass is 525 g/mol. The summed E-state index contributed by atoms with van der Waals surface area (Å²) in [7, 11) is 1.68. The van der Waals surface area contributed by atoms with Crippen LogP contribution in [0.4, 0.5) is 24.5 Å². The number of anilines is 2. The number of carbonyl (C=O) groups excluding carboxylic acids is 1. The number of likely N-dealkylation sites (tertiary alicyclic amines) is 1. The number of hydrogen-bond donors (Lipinski definition) is 2. The molecule has 186 valence electrons. The number of pyridine rings is 1. The van der Waals surface area contributed by atoms with Gasteiger partial charge in [-0.15, -0.1) is 0 Å². The van der Waals surface area contributed by atoms with Gasteiger partial charge in [0.2, 0.25) is 0 Å². The van der Waals surface area contributed by atoms with Crippen molar-refractivity contribution in [2.75, 3.05) is 35.9 Å². The Balaban J connectivity index is 1.44. The normalized spacial score (nSPS) is 14.1. The molecule has 0 bridgehead atoms. The zero-order valence-corrected chi connectivity index (χ0v) is 20.5. The molecule has 0 unspecified atom stereocenters. The van der Waals surface area contributed by atoms with E-state index in [9.17, 15) is 18.0 Å². The minimum atomic E-state index is -2.40. The van der Waals surface area contributed by atoms with Crippen molar-refractivity contribution < 1.29 is 22.7 Å². The van der Waals surface area contributed by atoms with Crippen LogP contribution < -0.4 is 14.8 Å². The number of alkyl halides is 2. The molecule has 0 saturated carbocycles. The van der Waals surface area contributed by atoms with E-state index in [0.29, 0.717) is 35.1 Å². The van der Waals surface area contributed by atoms with Crippen LogP contribution in [0.15, 0.2) is 42.7 Å². The fourth-order valence-electron chi connectivity index (χ4n) is 3.77. The molecule has 0 spiro atoms. The summed E-state index contributed by atoms with van der Waals surface area (Å²) in [6.45, 7) is 0.402. The van der Waals surface area contributed by atoms with Gasteiger partial charge in [0, 0.05) is 55.1 Å². The van der Waals surface area contributed by atoms with Gasteiger partial charge in [0.25, 0.3) is 12.3 Å². The Morgan fingerprint density at radius 3 is 2.69 bits per heavy atom. The minimum Gasteiger partial charge on any atom is -0.486 e. The Labute approximate surface area is 209 Å². The lowest BCUT2D eigenvalue weighted by Gasteiger charge is -2.38. The van der Waals surface area contributed by atoms with Gasteiger partial charge < -0.3 is 19.3 Å². The van der Waals surface area contributed by atoms with E-state index in [1.165, 1.54) is 24.2 Å². The summed E-state index contributed by atoms with van der Waals surface area (Å²) in [5, 5.41) is 3.26. The fourth-order valence-corrected chi connectivity index (χ4v) is 4.36. The number of benzene rings is 1. The van der Waals surface area contributed by atoms with Crippen LogP contribution in [0, 0.1) is 5.82 Å². The number of rotatable bonds is 9. The van der Waals surface area contributed by atoms with Crippen molar-refractivity contribution in [2.45, 2.75) is 12.5 Å². The third-order valence-corrected chi connectivity index (χ3v) is 5.98. The molecule has 1 saturated heterocycles. The van der Waals surface area contributed by atoms with Crippen molar-refractivity contribution in [1.29, 1.82) is 0 Å². The Morgan fingerprint density at radius 2 is 2.00 bits per heavy atom. The molecule has 1 aliphatic rings. The number of amides is 1. The van der Waals surface area contributed by atoms with Crippen molar-refractivity contribution in [1.82, 2.24) is 14.5 Å². The highest BCUT2D eigenvalue weighted by atomic mass is 35.5. The van der Waals surface area contributed by atoms with Crippen LogP contribution >= 0.6 is 23.5 Å². The van der Waals surface area contributed by atoms with E-state index >= 15 is 0 Å². The van der Waals surface area contributed by atoms with Gasteiger partial charge in [-0.25, -0.2) is 18.2 Å². The Kier molecular flexibility index (Phi) is 7.78. The second-order valence-electron chi connectivity index (χ2n) is 8.06. The molecule has 0 radical (unpaired) electrons. The van der Waals surface area contributed by atoms with Crippen LogP contribution in [0.1, 0.15) is 10.4 Å². The molecule has 2 N–H and O–H groups in total. The highest BCUT2D eigenvalue weighted by molar-refractivity contribution is 7.99. The summed E-state index contributed by atoms with van der Waals surface area (Å²) in [5.74, 6) is -0.791. The molecule has 1 aliphatic heterocycles. The molecule has 3 heterocycles. The molecular formula is C23H23ClF3N5O2S. The quantitative estimate of drug-likeness (QED) is 0.377. The van der Waals surface area contributed by atoms with Crippen molar-refractivity contribution >= 4 is 40.8 Å². The van der Waals surface area contributed by atoms with Gasteiger partial charge in [-0.3, -0.25) is 9.69 Å². The summed E-state index contributed by atoms with van der Waals surface area (Å²) in [5.41, 5.74) is 2.03. The molecular weight excluding hydrogens is 503 g/mol. The second kappa shape index (κ2) is 10.8. The summed E-state index contributed by atoms with van der Waals surface area (Å²) in [6.07, 6.45) is 2.14. The Bertz CT molecular complexity index is 1220. The summed E-state index contributed by atoms with van der Waals surface area (Å²) in [4.78, 5) is 18.5. The molecule has 12 heteroatoms. The first-order valence-electron chi connectivity index (χ1n) is 10.6. The van der Waals surface area contributed by atoms with E-state index in [0.717, 1.165) is 5.69 Å². The standard InChI is InChI=1S/C23H23ClF3N5O2S/c1-31-9-13(23(33)29-15-4-14(24)5-16(6-15)30-35-2)3-20(31)22-19(25)7-17(8-28-22)34-18-10-32(11-18)12-21(26)27/h3-9,18,21,30H,10-12H2,1-2H3,(H,29,33). The van der Waals surface area contributed by atoms with E-state index in [1.54, 1.807) is 47.0 Å².